The quantitative estimate of drug-likeness (QED) is 0.798. The number of piperidine rings is 1. The molecule has 2 rings (SSSR count). The summed E-state index contributed by atoms with van der Waals surface area (Å²) < 4.78 is 5.70. The summed E-state index contributed by atoms with van der Waals surface area (Å²) in [6.07, 6.45) is 5.68. The third-order valence-corrected chi connectivity index (χ3v) is 4.17. The van der Waals surface area contributed by atoms with E-state index < -0.39 is 0 Å². The van der Waals surface area contributed by atoms with Crippen LogP contribution in [0.3, 0.4) is 0 Å². The van der Waals surface area contributed by atoms with Gasteiger partial charge in [0.1, 0.15) is 5.76 Å². The van der Waals surface area contributed by atoms with Gasteiger partial charge in [0.2, 0.25) is 0 Å². The van der Waals surface area contributed by atoms with Crippen LogP contribution in [0.4, 0.5) is 0 Å². The Morgan fingerprint density at radius 2 is 2.21 bits per heavy atom. The lowest BCUT2D eigenvalue weighted by molar-refractivity contribution is 0.108. The van der Waals surface area contributed by atoms with Crippen molar-refractivity contribution < 1.29 is 4.42 Å². The van der Waals surface area contributed by atoms with E-state index in [0.717, 1.165) is 31.3 Å². The lowest BCUT2D eigenvalue weighted by Crippen LogP contribution is -2.40. The summed E-state index contributed by atoms with van der Waals surface area (Å²) in [6.45, 7) is 11.0. The van der Waals surface area contributed by atoms with E-state index in [9.17, 15) is 0 Å². The molecule has 3 heteroatoms. The highest BCUT2D eigenvalue weighted by Crippen LogP contribution is 2.24. The van der Waals surface area contributed by atoms with E-state index in [1.807, 2.05) is 6.26 Å². The van der Waals surface area contributed by atoms with E-state index in [4.69, 9.17) is 4.42 Å². The summed E-state index contributed by atoms with van der Waals surface area (Å²) in [5.74, 6) is 1.96. The number of nitrogens with one attached hydrogen (secondary N) is 1. The molecule has 0 spiro atoms. The van der Waals surface area contributed by atoms with E-state index in [1.165, 1.54) is 31.4 Å². The molecule has 2 atom stereocenters. The van der Waals surface area contributed by atoms with Crippen molar-refractivity contribution in [2.75, 3.05) is 13.1 Å². The molecule has 1 fully saturated rings. The summed E-state index contributed by atoms with van der Waals surface area (Å²) in [7, 11) is 0. The van der Waals surface area contributed by atoms with Crippen LogP contribution in [0, 0.1) is 5.92 Å². The van der Waals surface area contributed by atoms with Gasteiger partial charge >= 0.3 is 0 Å². The predicted molar refractivity (Wildman–Crippen MR) is 79.0 cm³/mol. The molecule has 19 heavy (non-hydrogen) atoms. The van der Waals surface area contributed by atoms with Crippen LogP contribution in [0.1, 0.15) is 51.4 Å². The van der Waals surface area contributed by atoms with Crippen molar-refractivity contribution in [1.82, 2.24) is 10.2 Å². The largest absolute Gasteiger partial charge is 0.468 e. The zero-order chi connectivity index (χ0) is 13.7. The summed E-state index contributed by atoms with van der Waals surface area (Å²) >= 11 is 0. The Labute approximate surface area is 117 Å². The van der Waals surface area contributed by atoms with E-state index >= 15 is 0 Å². The molecule has 3 nitrogen and oxygen atoms in total. The Morgan fingerprint density at radius 1 is 1.37 bits per heavy atom. The van der Waals surface area contributed by atoms with Gasteiger partial charge in [0.25, 0.3) is 0 Å². The van der Waals surface area contributed by atoms with Crippen molar-refractivity contribution >= 4 is 0 Å². The van der Waals surface area contributed by atoms with Crippen molar-refractivity contribution in [2.45, 2.75) is 59.2 Å². The number of likely N-dealkylation sites (tertiary alicyclic amines) is 1. The normalized spacial score (nSPS) is 24.8. The maximum atomic E-state index is 5.70. The van der Waals surface area contributed by atoms with Gasteiger partial charge in [-0.15, -0.1) is 0 Å². The van der Waals surface area contributed by atoms with Gasteiger partial charge in [-0.2, -0.15) is 0 Å². The maximum Gasteiger partial charge on any atom is 0.122 e. The van der Waals surface area contributed by atoms with E-state index in [2.05, 4.69) is 37.1 Å². The molecule has 0 saturated carbocycles. The van der Waals surface area contributed by atoms with Gasteiger partial charge in [-0.3, -0.25) is 4.90 Å². The molecule has 108 valence electrons. The Bertz CT molecular complexity index is 375. The molecule has 0 radical (unpaired) electrons. The second-order valence-corrected chi connectivity index (χ2v) is 6.01. The minimum absolute atomic E-state index is 0.678. The lowest BCUT2D eigenvalue weighted by Gasteiger charge is -2.36. The third-order valence-electron chi connectivity index (χ3n) is 4.17. The van der Waals surface area contributed by atoms with Crippen LogP contribution in [-0.2, 0) is 13.1 Å². The van der Waals surface area contributed by atoms with Crippen LogP contribution in [0.15, 0.2) is 16.7 Å². The maximum absolute atomic E-state index is 5.70. The average Bonchev–Trinajstić information content (AvgIpc) is 2.82. The average molecular weight is 264 g/mol. The molecule has 1 N–H and O–H groups in total. The molecule has 1 aliphatic heterocycles. The first-order chi connectivity index (χ1) is 9.20. The van der Waals surface area contributed by atoms with Crippen molar-refractivity contribution in [2.24, 2.45) is 5.92 Å². The van der Waals surface area contributed by atoms with Crippen LogP contribution >= 0.6 is 0 Å². The minimum Gasteiger partial charge on any atom is -0.468 e. The first-order valence-corrected chi connectivity index (χ1v) is 7.70. The summed E-state index contributed by atoms with van der Waals surface area (Å²) in [5, 5.41) is 3.46. The van der Waals surface area contributed by atoms with E-state index in [0.29, 0.717) is 6.04 Å². The first kappa shape index (κ1) is 14.6. The van der Waals surface area contributed by atoms with E-state index in [1.54, 1.807) is 0 Å². The Morgan fingerprint density at radius 3 is 3.00 bits per heavy atom. The zero-order valence-electron chi connectivity index (χ0n) is 12.6. The molecule has 1 aliphatic rings. The second-order valence-electron chi connectivity index (χ2n) is 6.01. The number of furan rings is 1. The Hall–Kier alpha value is -0.800. The zero-order valence-corrected chi connectivity index (χ0v) is 12.6. The first-order valence-electron chi connectivity index (χ1n) is 7.70. The topological polar surface area (TPSA) is 28.4 Å². The molecular weight excluding hydrogens is 236 g/mol. The van der Waals surface area contributed by atoms with Crippen LogP contribution in [0.25, 0.3) is 0 Å². The minimum atomic E-state index is 0.678. The van der Waals surface area contributed by atoms with Crippen LogP contribution < -0.4 is 5.32 Å². The second kappa shape index (κ2) is 7.11. The van der Waals surface area contributed by atoms with Gasteiger partial charge < -0.3 is 9.73 Å². The van der Waals surface area contributed by atoms with E-state index in [-0.39, 0.29) is 0 Å². The summed E-state index contributed by atoms with van der Waals surface area (Å²) in [6, 6.07) is 2.79. The van der Waals surface area contributed by atoms with Gasteiger partial charge in [-0.1, -0.05) is 13.8 Å². The third kappa shape index (κ3) is 4.08. The lowest BCUT2D eigenvalue weighted by atomic mass is 9.95. The Kier molecular flexibility index (Phi) is 5.46. The van der Waals surface area contributed by atoms with Gasteiger partial charge in [0.15, 0.2) is 0 Å². The van der Waals surface area contributed by atoms with Crippen molar-refractivity contribution in [1.29, 1.82) is 0 Å². The van der Waals surface area contributed by atoms with Crippen molar-refractivity contribution in [3.63, 3.8) is 0 Å². The fourth-order valence-corrected chi connectivity index (χ4v) is 2.85. The summed E-state index contributed by atoms with van der Waals surface area (Å²) in [5.41, 5.74) is 1.32. The van der Waals surface area contributed by atoms with Crippen molar-refractivity contribution in [3.05, 3.63) is 23.7 Å². The van der Waals surface area contributed by atoms with Gasteiger partial charge in [0.05, 0.1) is 12.8 Å². The van der Waals surface area contributed by atoms with Crippen molar-refractivity contribution in [3.8, 4) is 0 Å². The monoisotopic (exact) mass is 264 g/mol. The highest BCUT2D eigenvalue weighted by molar-refractivity contribution is 5.17. The summed E-state index contributed by atoms with van der Waals surface area (Å²) in [4.78, 5) is 2.57. The van der Waals surface area contributed by atoms with Gasteiger partial charge in [-0.05, 0) is 44.7 Å². The smallest absolute Gasteiger partial charge is 0.122 e. The molecule has 0 aliphatic carbocycles. The van der Waals surface area contributed by atoms with Gasteiger partial charge in [0, 0.05) is 24.7 Å². The van der Waals surface area contributed by atoms with Gasteiger partial charge in [-0.25, -0.2) is 0 Å². The number of hydrogen-bond donors (Lipinski definition) is 1. The predicted octanol–water partition coefficient (Wildman–Crippen LogP) is 3.40. The van der Waals surface area contributed by atoms with Crippen LogP contribution in [0.5, 0.6) is 0 Å². The molecule has 2 unspecified atom stereocenters. The standard InChI is InChI=1S/C16H28N2O/c1-4-8-17-10-15-7-9-19-16(15)12-18-11-13(2)5-6-14(18)3/h7,9,13-14,17H,4-6,8,10-12H2,1-3H3. The number of rotatable bonds is 6. The molecule has 2 heterocycles. The molecule has 0 aromatic carbocycles. The molecule has 1 aromatic heterocycles. The van der Waals surface area contributed by atoms with Crippen LogP contribution in [0.2, 0.25) is 0 Å². The van der Waals surface area contributed by atoms with Crippen LogP contribution in [-0.4, -0.2) is 24.0 Å². The number of nitrogens with zero attached hydrogens (tertiary/aromatic N) is 1. The molecule has 0 bridgehead atoms. The molecule has 0 amide bonds. The highest BCUT2D eigenvalue weighted by Gasteiger charge is 2.24. The Balaban J connectivity index is 1.92. The number of hydrogen-bond acceptors (Lipinski definition) is 3. The molecule has 1 saturated heterocycles. The molecule has 1 aromatic rings. The highest BCUT2D eigenvalue weighted by atomic mass is 16.3. The molecular formula is C16H28N2O. The fraction of sp³-hybridized carbons (Fsp3) is 0.750. The fourth-order valence-electron chi connectivity index (χ4n) is 2.85. The SMILES string of the molecule is CCCNCc1ccoc1CN1CC(C)CCC1C.